The molecule has 48 heavy (non-hydrogen) atoms. The Morgan fingerprint density at radius 1 is 1.00 bits per heavy atom. The van der Waals surface area contributed by atoms with Crippen LogP contribution >= 0.6 is 27.5 Å². The molecule has 246 valence electrons. The van der Waals surface area contributed by atoms with E-state index in [0.29, 0.717) is 10.2 Å². The minimum Gasteiger partial charge on any atom is -0.423 e. The number of alkyl halides is 3. The van der Waals surface area contributed by atoms with Crippen LogP contribution in [0.1, 0.15) is 37.9 Å². The van der Waals surface area contributed by atoms with Crippen molar-refractivity contribution < 1.29 is 51.6 Å². The predicted molar refractivity (Wildman–Crippen MR) is 162 cm³/mol. The van der Waals surface area contributed by atoms with Crippen LogP contribution in [0, 0.1) is 0 Å². The normalized spacial score (nSPS) is 13.7. The van der Waals surface area contributed by atoms with Gasteiger partial charge in [-0.3, -0.25) is 14.9 Å². The van der Waals surface area contributed by atoms with Crippen LogP contribution < -0.4 is 26.3 Å². The molecule has 2 heterocycles. The number of amides is 3. The lowest BCUT2D eigenvalue weighted by Gasteiger charge is -2.22. The van der Waals surface area contributed by atoms with Gasteiger partial charge in [0.2, 0.25) is 0 Å². The quantitative estimate of drug-likeness (QED) is 0.173. The molecule has 1 aliphatic rings. The number of ether oxygens (including phenoxy) is 1. The number of carbonyl (C=O) groups is 5. The number of rotatable bonds is 6. The van der Waals surface area contributed by atoms with E-state index in [1.807, 2.05) is 0 Å². The zero-order chi connectivity index (χ0) is 34.7. The minimum absolute atomic E-state index is 0.0610. The Morgan fingerprint density at radius 3 is 2.31 bits per heavy atom. The first-order valence-electron chi connectivity index (χ1n) is 13.1. The largest absolute Gasteiger partial charge is 0.493 e. The maximum Gasteiger partial charge on any atom is 0.493 e. The summed E-state index contributed by atoms with van der Waals surface area (Å²) in [5.41, 5.74) is 8.32. The van der Waals surface area contributed by atoms with Gasteiger partial charge in [-0.15, -0.1) is 5.06 Å². The molecule has 1 aromatic heterocycles. The SMILES string of the molecule is NC1C(=O)ONc2ccc(C(=O)c3ccc(C(=O)NC(=O)N(OC(=O)C(F)(F)F)c4ccc(Oc5ncc(Br)cn5)c(Cl)c4)cc3)c1c2. The zero-order valence-electron chi connectivity index (χ0n) is 23.6. The Labute approximate surface area is 280 Å². The lowest BCUT2D eigenvalue weighted by Crippen LogP contribution is -2.46. The molecule has 0 fully saturated rings. The van der Waals surface area contributed by atoms with Crippen molar-refractivity contribution in [1.29, 1.82) is 0 Å². The number of carbonyl (C=O) groups excluding carboxylic acids is 5. The fourth-order valence-electron chi connectivity index (χ4n) is 4.03. The van der Waals surface area contributed by atoms with Gasteiger partial charge in [0.25, 0.3) is 5.91 Å². The van der Waals surface area contributed by atoms with Crippen molar-refractivity contribution in [1.82, 2.24) is 15.3 Å². The van der Waals surface area contributed by atoms with Gasteiger partial charge in [0, 0.05) is 29.1 Å². The number of benzene rings is 3. The smallest absolute Gasteiger partial charge is 0.423 e. The second-order valence-corrected chi connectivity index (χ2v) is 10.9. The summed E-state index contributed by atoms with van der Waals surface area (Å²) in [6.45, 7) is 0. The highest BCUT2D eigenvalue weighted by Gasteiger charge is 2.44. The van der Waals surface area contributed by atoms with Crippen LogP contribution in [-0.2, 0) is 19.3 Å². The second kappa shape index (κ2) is 13.6. The number of nitrogens with two attached hydrogens (primary N) is 1. The average Bonchev–Trinajstić information content (AvgIpc) is 3.16. The highest BCUT2D eigenvalue weighted by molar-refractivity contribution is 9.10. The standard InChI is InChI=1S/C29H17BrClF3N6O8/c30-15-11-36-27(37-12-15)46-21-8-6-17(10-20(21)31)40(48-26(44)29(32,33)34)28(45)38-24(42)14-3-1-13(2-4-14)23(41)18-7-5-16-9-19(18)22(35)25(43)47-39-16/h1-12,22,39H,35H2,(H,38,42,45). The van der Waals surface area contributed by atoms with Crippen molar-refractivity contribution in [2.75, 3.05) is 10.5 Å². The maximum atomic E-state index is 13.2. The van der Waals surface area contributed by atoms with E-state index in [2.05, 4.69) is 36.2 Å². The molecular formula is C29H17BrClF3N6O8. The number of urea groups is 1. The first-order valence-corrected chi connectivity index (χ1v) is 14.3. The number of imide groups is 1. The molecule has 19 heteroatoms. The number of hydrogen-bond donors (Lipinski definition) is 3. The third-order valence-corrected chi connectivity index (χ3v) is 7.03. The van der Waals surface area contributed by atoms with Crippen molar-refractivity contribution in [3.63, 3.8) is 0 Å². The van der Waals surface area contributed by atoms with E-state index in [9.17, 15) is 37.1 Å². The molecule has 1 unspecified atom stereocenters. The van der Waals surface area contributed by atoms with Crippen LogP contribution in [0.4, 0.5) is 29.3 Å². The summed E-state index contributed by atoms with van der Waals surface area (Å²) in [6, 6.07) is 9.20. The highest BCUT2D eigenvalue weighted by Crippen LogP contribution is 2.33. The number of anilines is 2. The molecule has 3 aromatic carbocycles. The summed E-state index contributed by atoms with van der Waals surface area (Å²) in [5, 5.41) is 1.42. The fourth-order valence-corrected chi connectivity index (χ4v) is 4.45. The zero-order valence-corrected chi connectivity index (χ0v) is 25.9. The van der Waals surface area contributed by atoms with Crippen LogP contribution in [0.3, 0.4) is 0 Å². The van der Waals surface area contributed by atoms with Gasteiger partial charge in [-0.25, -0.2) is 29.8 Å². The lowest BCUT2D eigenvalue weighted by atomic mass is 9.93. The summed E-state index contributed by atoms with van der Waals surface area (Å²) < 4.78 is 45.2. The van der Waals surface area contributed by atoms with Crippen LogP contribution in [-0.4, -0.2) is 45.8 Å². The van der Waals surface area contributed by atoms with Gasteiger partial charge in [-0.2, -0.15) is 13.2 Å². The molecule has 2 bridgehead atoms. The molecule has 0 radical (unpaired) electrons. The van der Waals surface area contributed by atoms with Gasteiger partial charge in [-0.1, -0.05) is 23.7 Å². The monoisotopic (exact) mass is 748 g/mol. The summed E-state index contributed by atoms with van der Waals surface area (Å²) in [5.74, 6) is -5.38. The van der Waals surface area contributed by atoms with Crippen molar-refractivity contribution in [2.24, 2.45) is 5.73 Å². The van der Waals surface area contributed by atoms with E-state index in [4.69, 9.17) is 26.9 Å². The van der Waals surface area contributed by atoms with E-state index >= 15 is 0 Å². The van der Waals surface area contributed by atoms with E-state index in [1.54, 1.807) is 5.32 Å². The molecule has 4 N–H and O–H groups in total. The summed E-state index contributed by atoms with van der Waals surface area (Å²) >= 11 is 9.34. The van der Waals surface area contributed by atoms with Crippen LogP contribution in [0.5, 0.6) is 11.8 Å². The average molecular weight is 750 g/mol. The number of halogens is 5. The molecule has 1 aliphatic heterocycles. The van der Waals surface area contributed by atoms with Crippen LogP contribution in [0.2, 0.25) is 5.02 Å². The number of fused-ring (bicyclic) bond motifs is 2. The number of hydroxylamine groups is 1. The lowest BCUT2D eigenvalue weighted by molar-refractivity contribution is -0.199. The van der Waals surface area contributed by atoms with E-state index < -0.39 is 47.6 Å². The molecule has 4 aromatic rings. The topological polar surface area (TPSA) is 192 Å². The molecule has 0 saturated heterocycles. The van der Waals surface area contributed by atoms with Gasteiger partial charge in [-0.05, 0) is 70.0 Å². The third kappa shape index (κ3) is 7.51. The number of hydrogen-bond acceptors (Lipinski definition) is 12. The Morgan fingerprint density at radius 2 is 1.67 bits per heavy atom. The molecular weight excluding hydrogens is 733 g/mol. The Balaban J connectivity index is 1.34. The van der Waals surface area contributed by atoms with Crippen molar-refractivity contribution in [2.45, 2.75) is 12.2 Å². The van der Waals surface area contributed by atoms with Gasteiger partial charge in [0.15, 0.2) is 5.78 Å². The first-order chi connectivity index (χ1) is 22.7. The van der Waals surface area contributed by atoms with Gasteiger partial charge >= 0.3 is 30.2 Å². The third-order valence-electron chi connectivity index (χ3n) is 6.32. The Bertz CT molecular complexity index is 1950. The second-order valence-electron chi connectivity index (χ2n) is 9.54. The van der Waals surface area contributed by atoms with Crippen molar-refractivity contribution in [3.05, 3.63) is 105 Å². The summed E-state index contributed by atoms with van der Waals surface area (Å²) in [4.78, 5) is 79.7. The fraction of sp³-hybridized carbons (Fsp3) is 0.0690. The number of ketones is 1. The number of nitrogens with one attached hydrogen (secondary N) is 2. The molecule has 5 rings (SSSR count). The van der Waals surface area contributed by atoms with E-state index in [1.165, 1.54) is 42.7 Å². The number of nitrogens with zero attached hydrogens (tertiary/aromatic N) is 3. The van der Waals surface area contributed by atoms with Crippen LogP contribution in [0.15, 0.2) is 77.5 Å². The Kier molecular flexibility index (Phi) is 9.59. The van der Waals surface area contributed by atoms with Gasteiger partial charge in [0.05, 0.1) is 20.9 Å². The predicted octanol–water partition coefficient (Wildman–Crippen LogP) is 5.18. The number of aromatic nitrogens is 2. The molecule has 3 amide bonds. The van der Waals surface area contributed by atoms with Gasteiger partial charge in [0.1, 0.15) is 11.8 Å². The molecule has 0 aliphatic carbocycles. The van der Waals surface area contributed by atoms with Crippen LogP contribution in [0.25, 0.3) is 0 Å². The molecule has 14 nitrogen and oxygen atoms in total. The maximum absolute atomic E-state index is 13.2. The van der Waals surface area contributed by atoms with Crippen molar-refractivity contribution >= 4 is 68.6 Å². The summed E-state index contributed by atoms with van der Waals surface area (Å²) in [6.07, 6.45) is -2.77. The van der Waals surface area contributed by atoms with Gasteiger partial charge < -0.3 is 20.1 Å². The minimum atomic E-state index is -5.52. The van der Waals surface area contributed by atoms with E-state index in [-0.39, 0.29) is 44.1 Å². The summed E-state index contributed by atoms with van der Waals surface area (Å²) in [7, 11) is 0. The molecule has 0 saturated carbocycles. The first kappa shape index (κ1) is 33.8. The van der Waals surface area contributed by atoms with E-state index in [0.717, 1.165) is 30.3 Å². The molecule has 0 spiro atoms. The highest BCUT2D eigenvalue weighted by atomic mass is 79.9. The molecule has 1 atom stereocenters. The Hall–Kier alpha value is -5.59. The van der Waals surface area contributed by atoms with Crippen molar-refractivity contribution in [3.8, 4) is 11.8 Å².